The van der Waals surface area contributed by atoms with E-state index in [-0.39, 0.29) is 6.54 Å². The number of sulfonamides is 1. The number of hydrogen-bond acceptors (Lipinski definition) is 5. The Morgan fingerprint density at radius 1 is 1.23 bits per heavy atom. The molecule has 0 saturated carbocycles. The highest BCUT2D eigenvalue weighted by Crippen LogP contribution is 2.30. The number of nitrogens with one attached hydrogen (secondary N) is 1. The van der Waals surface area contributed by atoms with Gasteiger partial charge < -0.3 is 4.74 Å². The van der Waals surface area contributed by atoms with Crippen molar-refractivity contribution >= 4 is 37.6 Å². The summed E-state index contributed by atoms with van der Waals surface area (Å²) in [4.78, 5) is 12.6. The molecule has 0 radical (unpaired) electrons. The van der Waals surface area contributed by atoms with E-state index in [1.165, 1.54) is 0 Å². The molecule has 6 nitrogen and oxygen atoms in total. The van der Waals surface area contributed by atoms with Gasteiger partial charge in [-0.15, -0.1) is 0 Å². The van der Waals surface area contributed by atoms with Gasteiger partial charge >= 0.3 is 5.97 Å². The minimum atomic E-state index is -3.70. The molecule has 1 aliphatic rings. The zero-order valence-corrected chi connectivity index (χ0v) is 18.3. The van der Waals surface area contributed by atoms with Crippen molar-refractivity contribution in [1.82, 2.24) is 5.32 Å². The standard InChI is InChI=1S/C18H25BrN2O4S/c1-17(2,3)25-16(22)15-13-9-11(19)7-8-12(13)14(10-20-15)21-26(23,24)18(4,5)6/h7-9,15,20H,10H2,1-6H3/t15-/m1/s1. The predicted molar refractivity (Wildman–Crippen MR) is 106 cm³/mol. The second kappa shape index (κ2) is 7.05. The summed E-state index contributed by atoms with van der Waals surface area (Å²) in [7, 11) is -3.70. The van der Waals surface area contributed by atoms with Gasteiger partial charge in [0.05, 0.1) is 10.5 Å². The van der Waals surface area contributed by atoms with Crippen LogP contribution < -0.4 is 5.32 Å². The van der Waals surface area contributed by atoms with Crippen molar-refractivity contribution in [3.63, 3.8) is 0 Å². The van der Waals surface area contributed by atoms with Crippen LogP contribution in [0.3, 0.4) is 0 Å². The molecule has 0 unspecified atom stereocenters. The Morgan fingerprint density at radius 3 is 2.38 bits per heavy atom. The normalized spacial score (nSPS) is 20.0. The molecule has 26 heavy (non-hydrogen) atoms. The Labute approximate surface area is 163 Å². The zero-order chi connectivity index (χ0) is 19.9. The number of esters is 1. The summed E-state index contributed by atoms with van der Waals surface area (Å²) in [6.07, 6.45) is 0. The van der Waals surface area contributed by atoms with E-state index in [0.29, 0.717) is 16.8 Å². The lowest BCUT2D eigenvalue weighted by Crippen LogP contribution is -2.42. The van der Waals surface area contributed by atoms with Crippen LogP contribution in [0.4, 0.5) is 0 Å². The number of carbonyl (C=O) groups is 1. The van der Waals surface area contributed by atoms with Crippen molar-refractivity contribution in [2.24, 2.45) is 4.40 Å². The summed E-state index contributed by atoms with van der Waals surface area (Å²) in [5.41, 5.74) is 1.05. The van der Waals surface area contributed by atoms with Crippen LogP contribution in [-0.4, -0.2) is 37.0 Å². The monoisotopic (exact) mass is 444 g/mol. The third-order valence-corrected chi connectivity index (χ3v) is 6.26. The van der Waals surface area contributed by atoms with Gasteiger partial charge in [-0.25, -0.2) is 13.2 Å². The van der Waals surface area contributed by atoms with E-state index in [4.69, 9.17) is 4.74 Å². The molecular weight excluding hydrogens is 420 g/mol. The van der Waals surface area contributed by atoms with E-state index in [1.54, 1.807) is 59.7 Å². The van der Waals surface area contributed by atoms with Crippen LogP contribution in [0.15, 0.2) is 27.1 Å². The second-order valence-electron chi connectivity index (χ2n) is 8.20. The first-order valence-corrected chi connectivity index (χ1v) is 10.5. The van der Waals surface area contributed by atoms with Gasteiger partial charge in [-0.2, -0.15) is 4.40 Å². The molecule has 8 heteroatoms. The number of halogens is 1. The van der Waals surface area contributed by atoms with Crippen molar-refractivity contribution in [3.05, 3.63) is 33.8 Å². The van der Waals surface area contributed by atoms with Gasteiger partial charge in [-0.3, -0.25) is 5.32 Å². The molecule has 0 aliphatic carbocycles. The SMILES string of the molecule is CC(C)(C)OC(=O)[C@@H]1NCC(=NS(=O)(=O)C(C)(C)C)c2ccc(Br)cc21. The molecule has 0 spiro atoms. The van der Waals surface area contributed by atoms with Crippen LogP contribution in [0.5, 0.6) is 0 Å². The molecule has 0 aromatic heterocycles. The molecular formula is C18H25BrN2O4S. The number of carbonyl (C=O) groups excluding carboxylic acids is 1. The van der Waals surface area contributed by atoms with E-state index in [2.05, 4.69) is 25.6 Å². The Bertz CT molecular complexity index is 849. The molecule has 0 fully saturated rings. The first-order valence-electron chi connectivity index (χ1n) is 8.31. The highest BCUT2D eigenvalue weighted by molar-refractivity contribution is 9.10. The molecule has 1 heterocycles. The highest BCUT2D eigenvalue weighted by Gasteiger charge is 2.35. The largest absolute Gasteiger partial charge is 0.459 e. The topological polar surface area (TPSA) is 84.8 Å². The summed E-state index contributed by atoms with van der Waals surface area (Å²) >= 11 is 3.40. The molecule has 0 saturated heterocycles. The average molecular weight is 445 g/mol. The van der Waals surface area contributed by atoms with E-state index in [0.717, 1.165) is 4.47 Å². The molecule has 0 bridgehead atoms. The lowest BCUT2D eigenvalue weighted by Gasteiger charge is -2.30. The first kappa shape index (κ1) is 21.1. The third-order valence-electron chi connectivity index (χ3n) is 3.76. The maximum absolute atomic E-state index is 12.6. The van der Waals surface area contributed by atoms with E-state index in [9.17, 15) is 13.2 Å². The number of hydrogen-bond donors (Lipinski definition) is 1. The van der Waals surface area contributed by atoms with Crippen molar-refractivity contribution in [2.75, 3.05) is 6.54 Å². The third kappa shape index (κ3) is 4.72. The van der Waals surface area contributed by atoms with Crippen LogP contribution in [0, 0.1) is 0 Å². The molecule has 1 aliphatic heterocycles. The van der Waals surface area contributed by atoms with Gasteiger partial charge in [-0.1, -0.05) is 22.0 Å². The fourth-order valence-electron chi connectivity index (χ4n) is 2.37. The van der Waals surface area contributed by atoms with Crippen LogP contribution in [-0.2, 0) is 19.6 Å². The lowest BCUT2D eigenvalue weighted by atomic mass is 9.93. The van der Waals surface area contributed by atoms with Gasteiger partial charge in [0.1, 0.15) is 11.6 Å². The van der Waals surface area contributed by atoms with Crippen molar-refractivity contribution in [2.45, 2.75) is 57.9 Å². The number of rotatable bonds is 2. The van der Waals surface area contributed by atoms with E-state index >= 15 is 0 Å². The van der Waals surface area contributed by atoms with Crippen LogP contribution >= 0.6 is 15.9 Å². The first-order chi connectivity index (χ1) is 11.7. The number of ether oxygens (including phenoxy) is 1. The molecule has 0 amide bonds. The molecule has 2 rings (SSSR count). The summed E-state index contributed by atoms with van der Waals surface area (Å²) in [5, 5.41) is 3.06. The van der Waals surface area contributed by atoms with Crippen molar-refractivity contribution in [1.29, 1.82) is 0 Å². The van der Waals surface area contributed by atoms with Crippen LogP contribution in [0.25, 0.3) is 0 Å². The Morgan fingerprint density at radius 2 is 1.85 bits per heavy atom. The van der Waals surface area contributed by atoms with Gasteiger partial charge in [0.25, 0.3) is 10.0 Å². The van der Waals surface area contributed by atoms with Crippen LogP contribution in [0.2, 0.25) is 0 Å². The minimum absolute atomic E-state index is 0.161. The Hall–Kier alpha value is -1.25. The zero-order valence-electron chi connectivity index (χ0n) is 15.9. The number of benzene rings is 1. The van der Waals surface area contributed by atoms with Gasteiger partial charge in [0.15, 0.2) is 0 Å². The molecule has 1 N–H and O–H groups in total. The Balaban J connectivity index is 2.51. The van der Waals surface area contributed by atoms with E-state index in [1.807, 2.05) is 0 Å². The Kier molecular flexibility index (Phi) is 5.71. The fraction of sp³-hybridized carbons (Fsp3) is 0.556. The van der Waals surface area contributed by atoms with Gasteiger partial charge in [-0.05, 0) is 59.2 Å². The number of fused-ring (bicyclic) bond motifs is 1. The summed E-state index contributed by atoms with van der Waals surface area (Å²) in [5.74, 6) is -0.408. The number of nitrogens with zero attached hydrogens (tertiary/aromatic N) is 1. The summed E-state index contributed by atoms with van der Waals surface area (Å²) in [6.45, 7) is 10.4. The van der Waals surface area contributed by atoms with E-state index < -0.39 is 32.4 Å². The molecule has 1 atom stereocenters. The maximum Gasteiger partial charge on any atom is 0.328 e. The quantitative estimate of drug-likeness (QED) is 0.706. The fourth-order valence-corrected chi connectivity index (χ4v) is 3.48. The molecule has 144 valence electrons. The van der Waals surface area contributed by atoms with Crippen molar-refractivity contribution in [3.8, 4) is 0 Å². The smallest absolute Gasteiger partial charge is 0.328 e. The van der Waals surface area contributed by atoms with Gasteiger partial charge in [0, 0.05) is 16.6 Å². The summed E-state index contributed by atoms with van der Waals surface area (Å²) in [6, 6.07) is 4.68. The molecule has 1 aromatic rings. The predicted octanol–water partition coefficient (Wildman–Crippen LogP) is 3.35. The second-order valence-corrected chi connectivity index (χ2v) is 11.5. The summed E-state index contributed by atoms with van der Waals surface area (Å²) < 4.78 is 34.3. The highest BCUT2D eigenvalue weighted by atomic mass is 79.9. The molecule has 1 aromatic carbocycles. The lowest BCUT2D eigenvalue weighted by molar-refractivity contribution is -0.157. The van der Waals surface area contributed by atoms with Crippen LogP contribution in [0.1, 0.15) is 58.7 Å². The average Bonchev–Trinajstić information content (AvgIpc) is 2.43. The van der Waals surface area contributed by atoms with Gasteiger partial charge in [0.2, 0.25) is 0 Å². The van der Waals surface area contributed by atoms with Crippen molar-refractivity contribution < 1.29 is 17.9 Å². The minimum Gasteiger partial charge on any atom is -0.459 e. The maximum atomic E-state index is 12.6.